The molecule has 1 amide bonds. The normalized spacial score (nSPS) is 21.3. The SMILES string of the molecule is NC(=O)c1ccc(NC2C=CC(C(=O)O)C2)c(Cl)c1. The molecule has 0 spiro atoms. The van der Waals surface area contributed by atoms with Crippen molar-refractivity contribution in [3.05, 3.63) is 40.9 Å². The number of hydrogen-bond acceptors (Lipinski definition) is 3. The van der Waals surface area contributed by atoms with Crippen molar-refractivity contribution in [3.63, 3.8) is 0 Å². The summed E-state index contributed by atoms with van der Waals surface area (Å²) in [5.74, 6) is -1.85. The van der Waals surface area contributed by atoms with Crippen molar-refractivity contribution in [1.82, 2.24) is 0 Å². The predicted molar refractivity (Wildman–Crippen MR) is 72.3 cm³/mol. The zero-order valence-electron chi connectivity index (χ0n) is 9.97. The van der Waals surface area contributed by atoms with E-state index >= 15 is 0 Å². The number of nitrogens with one attached hydrogen (secondary N) is 1. The molecule has 6 heteroatoms. The summed E-state index contributed by atoms with van der Waals surface area (Å²) in [6.07, 6.45) is 3.94. The Hall–Kier alpha value is -2.01. The minimum absolute atomic E-state index is 0.0852. The first-order valence-corrected chi connectivity index (χ1v) is 6.12. The lowest BCUT2D eigenvalue weighted by Gasteiger charge is -2.15. The van der Waals surface area contributed by atoms with E-state index < -0.39 is 17.8 Å². The van der Waals surface area contributed by atoms with E-state index in [9.17, 15) is 9.59 Å². The highest BCUT2D eigenvalue weighted by Crippen LogP contribution is 2.27. The highest BCUT2D eigenvalue weighted by atomic mass is 35.5. The smallest absolute Gasteiger partial charge is 0.310 e. The van der Waals surface area contributed by atoms with Crippen molar-refractivity contribution in [2.45, 2.75) is 12.5 Å². The van der Waals surface area contributed by atoms with Crippen LogP contribution in [0.2, 0.25) is 5.02 Å². The van der Waals surface area contributed by atoms with Crippen LogP contribution in [0.3, 0.4) is 0 Å². The molecule has 1 aliphatic rings. The van der Waals surface area contributed by atoms with E-state index in [1.165, 1.54) is 6.07 Å². The first kappa shape index (κ1) is 13.4. The summed E-state index contributed by atoms with van der Waals surface area (Å²) in [6.45, 7) is 0. The van der Waals surface area contributed by atoms with Gasteiger partial charge in [0, 0.05) is 11.6 Å². The van der Waals surface area contributed by atoms with Crippen LogP contribution in [-0.4, -0.2) is 23.0 Å². The van der Waals surface area contributed by atoms with E-state index in [0.29, 0.717) is 22.7 Å². The Morgan fingerprint density at radius 3 is 2.63 bits per heavy atom. The lowest BCUT2D eigenvalue weighted by Crippen LogP contribution is -2.19. The van der Waals surface area contributed by atoms with Crippen LogP contribution in [-0.2, 0) is 4.79 Å². The van der Waals surface area contributed by atoms with Crippen molar-refractivity contribution in [2.75, 3.05) is 5.32 Å². The Bertz CT molecular complexity index is 557. The summed E-state index contributed by atoms with van der Waals surface area (Å²) in [6, 6.07) is 4.63. The number of aliphatic carboxylic acids is 1. The number of hydrogen-bond donors (Lipinski definition) is 3. The van der Waals surface area contributed by atoms with E-state index in [1.807, 2.05) is 0 Å². The molecule has 0 bridgehead atoms. The summed E-state index contributed by atoms with van der Waals surface area (Å²) < 4.78 is 0. The molecule has 2 unspecified atom stereocenters. The molecule has 19 heavy (non-hydrogen) atoms. The Labute approximate surface area is 115 Å². The van der Waals surface area contributed by atoms with Crippen molar-refractivity contribution < 1.29 is 14.7 Å². The number of benzene rings is 1. The fourth-order valence-corrected chi connectivity index (χ4v) is 2.21. The van der Waals surface area contributed by atoms with Gasteiger partial charge in [0.25, 0.3) is 0 Å². The molecule has 5 nitrogen and oxygen atoms in total. The number of anilines is 1. The molecule has 0 saturated carbocycles. The van der Waals surface area contributed by atoms with Gasteiger partial charge in [0.2, 0.25) is 5.91 Å². The van der Waals surface area contributed by atoms with Crippen molar-refractivity contribution in [2.24, 2.45) is 11.7 Å². The van der Waals surface area contributed by atoms with Crippen LogP contribution in [0.1, 0.15) is 16.8 Å². The molecular formula is C13H13ClN2O3. The number of amides is 1. The van der Waals surface area contributed by atoms with Gasteiger partial charge in [0.05, 0.1) is 16.6 Å². The van der Waals surface area contributed by atoms with Gasteiger partial charge in [-0.15, -0.1) is 0 Å². The quantitative estimate of drug-likeness (QED) is 0.734. The van der Waals surface area contributed by atoms with Gasteiger partial charge >= 0.3 is 5.97 Å². The van der Waals surface area contributed by atoms with Gasteiger partial charge in [-0.1, -0.05) is 23.8 Å². The van der Waals surface area contributed by atoms with E-state index in [0.717, 1.165) is 0 Å². The Kier molecular flexibility index (Phi) is 3.76. The number of carbonyl (C=O) groups is 2. The molecule has 1 aromatic rings. The number of rotatable bonds is 4. The number of halogens is 1. The molecule has 1 aromatic carbocycles. The molecule has 0 saturated heterocycles. The van der Waals surface area contributed by atoms with E-state index in [1.54, 1.807) is 24.3 Å². The van der Waals surface area contributed by atoms with Crippen LogP contribution in [0.15, 0.2) is 30.4 Å². The van der Waals surface area contributed by atoms with Crippen LogP contribution in [0.4, 0.5) is 5.69 Å². The van der Waals surface area contributed by atoms with Crippen molar-refractivity contribution >= 4 is 29.2 Å². The summed E-state index contributed by atoms with van der Waals surface area (Å²) in [5.41, 5.74) is 6.13. The summed E-state index contributed by atoms with van der Waals surface area (Å²) in [5, 5.41) is 12.4. The number of primary amides is 1. The van der Waals surface area contributed by atoms with Crippen molar-refractivity contribution in [3.8, 4) is 0 Å². The van der Waals surface area contributed by atoms with Gasteiger partial charge in [0.15, 0.2) is 0 Å². The van der Waals surface area contributed by atoms with Gasteiger partial charge in [-0.3, -0.25) is 9.59 Å². The summed E-state index contributed by atoms with van der Waals surface area (Å²) >= 11 is 6.04. The zero-order valence-corrected chi connectivity index (χ0v) is 10.7. The molecular weight excluding hydrogens is 268 g/mol. The number of carbonyl (C=O) groups excluding carboxylic acids is 1. The fourth-order valence-electron chi connectivity index (χ4n) is 1.97. The number of carboxylic acids is 1. The highest BCUT2D eigenvalue weighted by Gasteiger charge is 2.24. The van der Waals surface area contributed by atoms with E-state index in [-0.39, 0.29) is 6.04 Å². The van der Waals surface area contributed by atoms with Gasteiger partial charge < -0.3 is 16.2 Å². The van der Waals surface area contributed by atoms with Crippen LogP contribution >= 0.6 is 11.6 Å². The maximum atomic E-state index is 11.0. The lowest BCUT2D eigenvalue weighted by molar-refractivity contribution is -0.140. The maximum absolute atomic E-state index is 11.0. The topological polar surface area (TPSA) is 92.4 Å². The molecule has 100 valence electrons. The number of nitrogens with two attached hydrogens (primary N) is 1. The maximum Gasteiger partial charge on any atom is 0.310 e. The molecule has 0 aliphatic heterocycles. The number of carboxylic acid groups (broad SMARTS) is 1. The molecule has 2 atom stereocenters. The zero-order chi connectivity index (χ0) is 14.0. The first-order valence-electron chi connectivity index (χ1n) is 5.74. The largest absolute Gasteiger partial charge is 0.481 e. The molecule has 1 aliphatic carbocycles. The predicted octanol–water partition coefficient (Wildman–Crippen LogP) is 1.88. The third-order valence-electron chi connectivity index (χ3n) is 3.00. The molecule has 0 heterocycles. The van der Waals surface area contributed by atoms with Crippen LogP contribution in [0, 0.1) is 5.92 Å². The third kappa shape index (κ3) is 3.06. The summed E-state index contributed by atoms with van der Waals surface area (Å²) in [4.78, 5) is 21.8. The molecule has 4 N–H and O–H groups in total. The molecule has 0 fully saturated rings. The Balaban J connectivity index is 2.07. The average molecular weight is 281 g/mol. The second-order valence-electron chi connectivity index (χ2n) is 4.38. The monoisotopic (exact) mass is 280 g/mol. The highest BCUT2D eigenvalue weighted by molar-refractivity contribution is 6.33. The second-order valence-corrected chi connectivity index (χ2v) is 4.78. The van der Waals surface area contributed by atoms with E-state index in [2.05, 4.69) is 5.32 Å². The van der Waals surface area contributed by atoms with Gasteiger partial charge in [-0.2, -0.15) is 0 Å². The summed E-state index contributed by atoms with van der Waals surface area (Å²) in [7, 11) is 0. The minimum Gasteiger partial charge on any atom is -0.481 e. The van der Waals surface area contributed by atoms with Crippen LogP contribution in [0.25, 0.3) is 0 Å². The standard InChI is InChI=1S/C13H13ClN2O3/c14-10-6-7(12(15)17)2-4-11(10)16-9-3-1-8(5-9)13(18)19/h1-4,6,8-9,16H,5H2,(H2,15,17)(H,18,19). The molecule has 2 rings (SSSR count). The Morgan fingerprint density at radius 2 is 2.11 bits per heavy atom. The molecule has 0 aromatic heterocycles. The third-order valence-corrected chi connectivity index (χ3v) is 3.31. The minimum atomic E-state index is -0.837. The van der Waals surface area contributed by atoms with E-state index in [4.69, 9.17) is 22.4 Å². The van der Waals surface area contributed by atoms with Crippen LogP contribution in [0.5, 0.6) is 0 Å². The van der Waals surface area contributed by atoms with Crippen LogP contribution < -0.4 is 11.1 Å². The van der Waals surface area contributed by atoms with Crippen molar-refractivity contribution in [1.29, 1.82) is 0 Å². The van der Waals surface area contributed by atoms with Gasteiger partial charge in [0.1, 0.15) is 0 Å². The molecule has 0 radical (unpaired) electrons. The first-order chi connectivity index (χ1) is 8.97. The van der Waals surface area contributed by atoms with Gasteiger partial charge in [-0.05, 0) is 24.6 Å². The fraction of sp³-hybridized carbons (Fsp3) is 0.231. The Morgan fingerprint density at radius 1 is 1.37 bits per heavy atom. The lowest BCUT2D eigenvalue weighted by atomic mass is 10.1. The average Bonchev–Trinajstić information content (AvgIpc) is 2.80. The second kappa shape index (κ2) is 5.32. The van der Waals surface area contributed by atoms with Gasteiger partial charge in [-0.25, -0.2) is 0 Å².